The summed E-state index contributed by atoms with van der Waals surface area (Å²) in [4.78, 5) is 15.3. The lowest BCUT2D eigenvalue weighted by atomic mass is 9.93. The molecule has 0 aliphatic rings. The van der Waals surface area contributed by atoms with E-state index in [1.165, 1.54) is 0 Å². The number of nitrogens with zero attached hydrogens (tertiary/aromatic N) is 3. The fourth-order valence-corrected chi connectivity index (χ4v) is 1.66. The maximum Gasteiger partial charge on any atom is 0.316 e. The first kappa shape index (κ1) is 11.1. The number of carboxylic acid groups (broad SMARTS) is 1. The van der Waals surface area contributed by atoms with Gasteiger partial charge < -0.3 is 9.51 Å². The number of hydrogen-bond acceptors (Lipinski definition) is 3. The van der Waals surface area contributed by atoms with Crippen molar-refractivity contribution in [2.75, 3.05) is 0 Å². The fraction of sp³-hybridized carbons (Fsp3) is 0.250. The van der Waals surface area contributed by atoms with Crippen molar-refractivity contribution < 1.29 is 9.90 Å². The van der Waals surface area contributed by atoms with Crippen molar-refractivity contribution in [1.82, 2.24) is 9.38 Å². The summed E-state index contributed by atoms with van der Waals surface area (Å²) < 4.78 is 1.65. The molecule has 0 aromatic carbocycles. The van der Waals surface area contributed by atoms with Gasteiger partial charge in [0, 0.05) is 6.20 Å². The quantitative estimate of drug-likeness (QED) is 0.847. The van der Waals surface area contributed by atoms with Crippen molar-refractivity contribution in [3.05, 3.63) is 35.9 Å². The van der Waals surface area contributed by atoms with E-state index in [0.29, 0.717) is 11.3 Å². The molecule has 0 bridgehead atoms. The molecule has 0 aliphatic heterocycles. The molecule has 0 atom stereocenters. The van der Waals surface area contributed by atoms with E-state index >= 15 is 0 Å². The highest BCUT2D eigenvalue weighted by Gasteiger charge is 2.34. The largest absolute Gasteiger partial charge is 0.481 e. The number of carbonyl (C=O) groups is 1. The summed E-state index contributed by atoms with van der Waals surface area (Å²) in [6, 6.07) is 7.28. The molecule has 2 heterocycles. The number of imidazole rings is 1. The second-order valence-corrected chi connectivity index (χ2v) is 4.28. The van der Waals surface area contributed by atoms with E-state index in [1.54, 1.807) is 42.6 Å². The Balaban J connectivity index is 2.81. The lowest BCUT2D eigenvalue weighted by Crippen LogP contribution is -2.31. The van der Waals surface area contributed by atoms with Crippen molar-refractivity contribution in [1.29, 1.82) is 5.26 Å². The molecule has 2 aromatic rings. The van der Waals surface area contributed by atoms with E-state index in [2.05, 4.69) is 4.98 Å². The van der Waals surface area contributed by atoms with Crippen LogP contribution < -0.4 is 0 Å². The van der Waals surface area contributed by atoms with Gasteiger partial charge in [-0.25, -0.2) is 4.98 Å². The first-order valence-electron chi connectivity index (χ1n) is 5.09. The van der Waals surface area contributed by atoms with Crippen LogP contribution in [0.4, 0.5) is 0 Å². The number of carboxylic acids is 1. The third-order valence-electron chi connectivity index (χ3n) is 2.75. The number of hydrogen-bond donors (Lipinski definition) is 1. The van der Waals surface area contributed by atoms with Crippen LogP contribution in [0.1, 0.15) is 25.4 Å². The monoisotopic (exact) mass is 229 g/mol. The van der Waals surface area contributed by atoms with E-state index < -0.39 is 11.4 Å². The van der Waals surface area contributed by atoms with E-state index in [4.69, 9.17) is 5.26 Å². The Morgan fingerprint density at radius 1 is 1.53 bits per heavy atom. The summed E-state index contributed by atoms with van der Waals surface area (Å²) in [6.45, 7) is 3.14. The van der Waals surface area contributed by atoms with Gasteiger partial charge in [-0.15, -0.1) is 0 Å². The predicted octanol–water partition coefficient (Wildman–Crippen LogP) is 1.57. The molecule has 0 saturated heterocycles. The van der Waals surface area contributed by atoms with Gasteiger partial charge in [0.2, 0.25) is 0 Å². The van der Waals surface area contributed by atoms with Gasteiger partial charge in [0.1, 0.15) is 17.3 Å². The number of aliphatic carboxylic acids is 1. The third kappa shape index (κ3) is 1.54. The van der Waals surface area contributed by atoms with Crippen LogP contribution in [0.2, 0.25) is 0 Å². The maximum absolute atomic E-state index is 11.2. The minimum absolute atomic E-state index is 0.245. The predicted molar refractivity (Wildman–Crippen MR) is 60.6 cm³/mol. The summed E-state index contributed by atoms with van der Waals surface area (Å²) >= 11 is 0. The standard InChI is InChI=1S/C12H11N3O2/c1-12(2,11(16)17)10-14-8(7-13)9-5-3-4-6-15(9)10/h3-6H,1-2H3,(H,16,17). The first-order valence-corrected chi connectivity index (χ1v) is 5.09. The average molecular weight is 229 g/mol. The van der Waals surface area contributed by atoms with Crippen LogP contribution in [-0.4, -0.2) is 20.5 Å². The molecule has 5 heteroatoms. The highest BCUT2D eigenvalue weighted by atomic mass is 16.4. The zero-order valence-electron chi connectivity index (χ0n) is 9.51. The summed E-state index contributed by atoms with van der Waals surface area (Å²) in [5.74, 6) is -0.616. The molecule has 17 heavy (non-hydrogen) atoms. The normalized spacial score (nSPS) is 11.4. The summed E-state index contributed by atoms with van der Waals surface area (Å²) in [5.41, 5.74) is -0.270. The van der Waals surface area contributed by atoms with Crippen LogP contribution in [-0.2, 0) is 10.2 Å². The molecule has 5 nitrogen and oxygen atoms in total. The van der Waals surface area contributed by atoms with Crippen molar-refractivity contribution in [2.24, 2.45) is 0 Å². The SMILES string of the molecule is CC(C)(C(=O)O)c1nc(C#N)c2ccccn12. The molecular formula is C12H11N3O2. The highest BCUT2D eigenvalue weighted by Crippen LogP contribution is 2.25. The van der Waals surface area contributed by atoms with Gasteiger partial charge in [0.25, 0.3) is 0 Å². The maximum atomic E-state index is 11.2. The average Bonchev–Trinajstić information content (AvgIpc) is 2.68. The molecule has 0 amide bonds. The molecule has 0 unspecified atom stereocenters. The van der Waals surface area contributed by atoms with E-state index in [0.717, 1.165) is 0 Å². The minimum Gasteiger partial charge on any atom is -0.481 e. The minimum atomic E-state index is -1.14. The lowest BCUT2D eigenvalue weighted by molar-refractivity contribution is -0.142. The van der Waals surface area contributed by atoms with Crippen LogP contribution in [0.15, 0.2) is 24.4 Å². The molecule has 0 radical (unpaired) electrons. The summed E-state index contributed by atoms with van der Waals surface area (Å²) in [5, 5.41) is 18.2. The molecule has 86 valence electrons. The summed E-state index contributed by atoms with van der Waals surface area (Å²) in [7, 11) is 0. The van der Waals surface area contributed by atoms with Gasteiger partial charge in [-0.3, -0.25) is 4.79 Å². The highest BCUT2D eigenvalue weighted by molar-refractivity contribution is 5.80. The molecular weight excluding hydrogens is 218 g/mol. The molecule has 0 saturated carbocycles. The Kier molecular flexibility index (Phi) is 2.36. The molecule has 1 N–H and O–H groups in total. The van der Waals surface area contributed by atoms with Gasteiger partial charge in [0.05, 0.1) is 5.52 Å². The van der Waals surface area contributed by atoms with Crippen LogP contribution in [0.25, 0.3) is 5.52 Å². The van der Waals surface area contributed by atoms with Crippen molar-refractivity contribution >= 4 is 11.5 Å². The van der Waals surface area contributed by atoms with Gasteiger partial charge in [-0.2, -0.15) is 5.26 Å². The van der Waals surface area contributed by atoms with E-state index in [-0.39, 0.29) is 5.69 Å². The Bertz CT molecular complexity index is 635. The van der Waals surface area contributed by atoms with E-state index in [1.807, 2.05) is 6.07 Å². The Labute approximate surface area is 97.9 Å². The number of pyridine rings is 1. The van der Waals surface area contributed by atoms with Crippen LogP contribution >= 0.6 is 0 Å². The fourth-order valence-electron chi connectivity index (χ4n) is 1.66. The van der Waals surface area contributed by atoms with Crippen LogP contribution in [0.3, 0.4) is 0 Å². The van der Waals surface area contributed by atoms with Crippen LogP contribution in [0.5, 0.6) is 0 Å². The zero-order valence-corrected chi connectivity index (χ0v) is 9.51. The number of fused-ring (bicyclic) bond motifs is 1. The Hall–Kier alpha value is -2.35. The van der Waals surface area contributed by atoms with Gasteiger partial charge in [0.15, 0.2) is 5.69 Å². The molecule has 0 fully saturated rings. The van der Waals surface area contributed by atoms with Crippen molar-refractivity contribution in [2.45, 2.75) is 19.3 Å². The smallest absolute Gasteiger partial charge is 0.316 e. The van der Waals surface area contributed by atoms with Crippen molar-refractivity contribution in [3.63, 3.8) is 0 Å². The number of aromatic nitrogens is 2. The Morgan fingerprint density at radius 3 is 2.82 bits per heavy atom. The summed E-state index contributed by atoms with van der Waals surface area (Å²) in [6.07, 6.45) is 1.71. The molecule has 2 aromatic heterocycles. The zero-order chi connectivity index (χ0) is 12.6. The number of rotatable bonds is 2. The van der Waals surface area contributed by atoms with Gasteiger partial charge >= 0.3 is 5.97 Å². The second kappa shape index (κ2) is 3.59. The topological polar surface area (TPSA) is 78.4 Å². The van der Waals surface area contributed by atoms with Gasteiger partial charge in [-0.1, -0.05) is 6.07 Å². The number of nitriles is 1. The van der Waals surface area contributed by atoms with Crippen LogP contribution in [0, 0.1) is 11.3 Å². The Morgan fingerprint density at radius 2 is 2.24 bits per heavy atom. The third-order valence-corrected chi connectivity index (χ3v) is 2.75. The molecule has 0 aliphatic carbocycles. The first-order chi connectivity index (χ1) is 7.98. The van der Waals surface area contributed by atoms with Crippen molar-refractivity contribution in [3.8, 4) is 6.07 Å². The van der Waals surface area contributed by atoms with E-state index in [9.17, 15) is 9.90 Å². The van der Waals surface area contributed by atoms with Gasteiger partial charge in [-0.05, 0) is 26.0 Å². The lowest BCUT2D eigenvalue weighted by Gasteiger charge is -2.17. The molecule has 0 spiro atoms. The second-order valence-electron chi connectivity index (χ2n) is 4.28. The molecule has 2 rings (SSSR count).